The number of nitrogens with one attached hydrogen (secondary N) is 1. The number of benzene rings is 1. The Balaban J connectivity index is 2.87. The number of carbonyl (C=O) groups is 2. The molecule has 0 aliphatic rings. The molecule has 1 amide bonds. The standard InChI is InChI=1S/C14H19NO5S/c1-4-14(2,13(17)18)15-12(16)11-7-5-10(6-8-11)9-21(3,19)20/h5-8H,4,9H2,1-3H3,(H,15,16)(H,17,18)/t14-/m0/s1. The minimum Gasteiger partial charge on any atom is -0.480 e. The Morgan fingerprint density at radius 3 is 2.14 bits per heavy atom. The van der Waals surface area contributed by atoms with Crippen LogP contribution in [-0.2, 0) is 20.4 Å². The molecule has 0 saturated heterocycles. The number of carboxylic acid groups (broad SMARTS) is 1. The van der Waals surface area contributed by atoms with Gasteiger partial charge in [0.15, 0.2) is 9.84 Å². The maximum absolute atomic E-state index is 12.0. The Hall–Kier alpha value is -1.89. The lowest BCUT2D eigenvalue weighted by atomic mass is 9.98. The molecule has 0 spiro atoms. The summed E-state index contributed by atoms with van der Waals surface area (Å²) in [7, 11) is -3.13. The monoisotopic (exact) mass is 313 g/mol. The fraction of sp³-hybridized carbons (Fsp3) is 0.429. The van der Waals surface area contributed by atoms with Gasteiger partial charge >= 0.3 is 5.97 Å². The second-order valence-corrected chi connectivity index (χ2v) is 7.35. The van der Waals surface area contributed by atoms with Gasteiger partial charge in [-0.3, -0.25) is 4.79 Å². The van der Waals surface area contributed by atoms with Crippen LogP contribution >= 0.6 is 0 Å². The van der Waals surface area contributed by atoms with Crippen molar-refractivity contribution in [1.82, 2.24) is 5.32 Å². The molecule has 2 N–H and O–H groups in total. The van der Waals surface area contributed by atoms with Crippen molar-refractivity contribution in [2.75, 3.05) is 6.26 Å². The highest BCUT2D eigenvalue weighted by atomic mass is 32.2. The van der Waals surface area contributed by atoms with Crippen molar-refractivity contribution in [3.63, 3.8) is 0 Å². The van der Waals surface area contributed by atoms with Crippen LogP contribution in [0.3, 0.4) is 0 Å². The molecule has 0 aliphatic carbocycles. The highest BCUT2D eigenvalue weighted by Gasteiger charge is 2.32. The number of carbonyl (C=O) groups excluding carboxylic acids is 1. The van der Waals surface area contributed by atoms with Gasteiger partial charge in [-0.05, 0) is 31.0 Å². The fourth-order valence-corrected chi connectivity index (χ4v) is 2.47. The number of rotatable bonds is 6. The van der Waals surface area contributed by atoms with Crippen LogP contribution in [-0.4, -0.2) is 37.2 Å². The first-order valence-electron chi connectivity index (χ1n) is 6.40. The van der Waals surface area contributed by atoms with Gasteiger partial charge in [0.1, 0.15) is 5.54 Å². The van der Waals surface area contributed by atoms with Crippen LogP contribution in [0.15, 0.2) is 24.3 Å². The first-order valence-corrected chi connectivity index (χ1v) is 8.46. The molecule has 0 heterocycles. The Labute approximate surface area is 124 Å². The lowest BCUT2D eigenvalue weighted by Gasteiger charge is -2.24. The molecule has 1 aromatic rings. The number of hydrogen-bond donors (Lipinski definition) is 2. The molecule has 0 bridgehead atoms. The minimum absolute atomic E-state index is 0.100. The molecule has 7 heteroatoms. The van der Waals surface area contributed by atoms with E-state index in [1.807, 2.05) is 0 Å². The topological polar surface area (TPSA) is 101 Å². The van der Waals surface area contributed by atoms with Gasteiger partial charge in [-0.1, -0.05) is 19.1 Å². The van der Waals surface area contributed by atoms with Gasteiger partial charge in [0, 0.05) is 11.8 Å². The van der Waals surface area contributed by atoms with Crippen molar-refractivity contribution in [1.29, 1.82) is 0 Å². The van der Waals surface area contributed by atoms with E-state index in [4.69, 9.17) is 5.11 Å². The average Bonchev–Trinajstić information content (AvgIpc) is 2.37. The zero-order valence-electron chi connectivity index (χ0n) is 12.2. The third kappa shape index (κ3) is 4.86. The number of carboxylic acids is 1. The summed E-state index contributed by atoms with van der Waals surface area (Å²) in [6.45, 7) is 3.11. The summed E-state index contributed by atoms with van der Waals surface area (Å²) in [6.07, 6.45) is 1.38. The van der Waals surface area contributed by atoms with Crippen LogP contribution < -0.4 is 5.32 Å². The molecular weight excluding hydrogens is 294 g/mol. The van der Waals surface area contributed by atoms with Crippen LogP contribution in [0.5, 0.6) is 0 Å². The molecule has 0 aliphatic heterocycles. The molecule has 1 atom stereocenters. The predicted molar refractivity (Wildman–Crippen MR) is 78.8 cm³/mol. The molecule has 0 unspecified atom stereocenters. The average molecular weight is 313 g/mol. The Bertz CT molecular complexity index is 636. The summed E-state index contributed by atoms with van der Waals surface area (Å²) in [4.78, 5) is 23.2. The lowest BCUT2D eigenvalue weighted by molar-refractivity contribution is -0.143. The Morgan fingerprint density at radius 1 is 1.24 bits per heavy atom. The predicted octanol–water partition coefficient (Wildman–Crippen LogP) is 1.21. The minimum atomic E-state index is -3.13. The molecular formula is C14H19NO5S. The van der Waals surface area contributed by atoms with Crippen LogP contribution in [0.1, 0.15) is 36.2 Å². The zero-order chi connectivity index (χ0) is 16.3. The second kappa shape index (κ2) is 6.26. The summed E-state index contributed by atoms with van der Waals surface area (Å²) in [5.74, 6) is -1.71. The van der Waals surface area contributed by atoms with Crippen LogP contribution in [0.4, 0.5) is 0 Å². The van der Waals surface area contributed by atoms with Crippen molar-refractivity contribution >= 4 is 21.7 Å². The van der Waals surface area contributed by atoms with Gasteiger partial charge in [-0.25, -0.2) is 13.2 Å². The van der Waals surface area contributed by atoms with Crippen molar-refractivity contribution in [3.8, 4) is 0 Å². The van der Waals surface area contributed by atoms with E-state index in [1.165, 1.54) is 19.1 Å². The first kappa shape index (κ1) is 17.2. The normalized spacial score (nSPS) is 14.2. The van der Waals surface area contributed by atoms with E-state index >= 15 is 0 Å². The van der Waals surface area contributed by atoms with Crippen LogP contribution in [0, 0.1) is 0 Å². The molecule has 21 heavy (non-hydrogen) atoms. The van der Waals surface area contributed by atoms with Gasteiger partial charge in [0.2, 0.25) is 0 Å². The molecule has 6 nitrogen and oxygen atoms in total. The Morgan fingerprint density at radius 2 is 1.76 bits per heavy atom. The summed E-state index contributed by atoms with van der Waals surface area (Å²) in [6, 6.07) is 6.04. The highest BCUT2D eigenvalue weighted by Crippen LogP contribution is 2.13. The Kier molecular flexibility index (Phi) is 5.11. The third-order valence-electron chi connectivity index (χ3n) is 3.21. The summed E-state index contributed by atoms with van der Waals surface area (Å²) in [5.41, 5.74) is -0.471. The number of sulfone groups is 1. The van der Waals surface area contributed by atoms with Crippen molar-refractivity contribution < 1.29 is 23.1 Å². The molecule has 1 rings (SSSR count). The van der Waals surface area contributed by atoms with E-state index in [1.54, 1.807) is 19.1 Å². The van der Waals surface area contributed by atoms with Crippen LogP contribution in [0.25, 0.3) is 0 Å². The maximum atomic E-state index is 12.0. The largest absolute Gasteiger partial charge is 0.480 e. The second-order valence-electron chi connectivity index (χ2n) is 5.21. The zero-order valence-corrected chi connectivity index (χ0v) is 13.0. The van der Waals surface area contributed by atoms with E-state index in [0.717, 1.165) is 6.26 Å². The van der Waals surface area contributed by atoms with Gasteiger partial charge in [0.05, 0.1) is 5.75 Å². The fourth-order valence-electron chi connectivity index (χ4n) is 1.67. The van der Waals surface area contributed by atoms with Gasteiger partial charge in [-0.15, -0.1) is 0 Å². The molecule has 1 aromatic carbocycles. The highest BCUT2D eigenvalue weighted by molar-refractivity contribution is 7.89. The quantitative estimate of drug-likeness (QED) is 0.822. The van der Waals surface area contributed by atoms with Crippen molar-refractivity contribution in [2.24, 2.45) is 0 Å². The van der Waals surface area contributed by atoms with Crippen molar-refractivity contribution in [2.45, 2.75) is 31.6 Å². The summed E-state index contributed by atoms with van der Waals surface area (Å²) in [5, 5.41) is 11.6. The van der Waals surface area contributed by atoms with Gasteiger partial charge in [-0.2, -0.15) is 0 Å². The number of hydrogen-bond acceptors (Lipinski definition) is 4. The van der Waals surface area contributed by atoms with E-state index in [2.05, 4.69) is 5.32 Å². The number of amides is 1. The molecule has 0 fully saturated rings. The molecule has 0 radical (unpaired) electrons. The maximum Gasteiger partial charge on any atom is 0.329 e. The lowest BCUT2D eigenvalue weighted by Crippen LogP contribution is -2.51. The summed E-state index contributed by atoms with van der Waals surface area (Å²) < 4.78 is 22.4. The van der Waals surface area contributed by atoms with Crippen molar-refractivity contribution in [3.05, 3.63) is 35.4 Å². The van der Waals surface area contributed by atoms with Gasteiger partial charge in [0.25, 0.3) is 5.91 Å². The first-order chi connectivity index (χ1) is 9.57. The van der Waals surface area contributed by atoms with E-state index in [9.17, 15) is 18.0 Å². The SMILES string of the molecule is CC[C@](C)(NC(=O)c1ccc(CS(C)(=O)=O)cc1)C(=O)O. The molecule has 0 saturated carbocycles. The number of aliphatic carboxylic acids is 1. The van der Waals surface area contributed by atoms with Crippen LogP contribution in [0.2, 0.25) is 0 Å². The summed E-state index contributed by atoms with van der Waals surface area (Å²) >= 11 is 0. The van der Waals surface area contributed by atoms with E-state index in [-0.39, 0.29) is 17.7 Å². The van der Waals surface area contributed by atoms with Gasteiger partial charge < -0.3 is 10.4 Å². The van der Waals surface area contributed by atoms with E-state index in [0.29, 0.717) is 5.56 Å². The third-order valence-corrected chi connectivity index (χ3v) is 4.07. The molecule has 116 valence electrons. The smallest absolute Gasteiger partial charge is 0.329 e. The van der Waals surface area contributed by atoms with E-state index < -0.39 is 27.3 Å². The molecule has 0 aromatic heterocycles.